The predicted molar refractivity (Wildman–Crippen MR) is 315 cm³/mol. The quantitative estimate of drug-likeness (QED) is 0.0374. The number of aliphatic hydroxyl groups is 12. The lowest BCUT2D eigenvalue weighted by Gasteiger charge is -2.49. The summed E-state index contributed by atoms with van der Waals surface area (Å²) in [6.07, 6.45) is 7.78. The molecule has 3 heterocycles. The zero-order valence-corrected chi connectivity index (χ0v) is 51.5. The summed E-state index contributed by atoms with van der Waals surface area (Å²) in [7, 11) is 0. The highest BCUT2D eigenvalue weighted by atomic mass is 16.8. The van der Waals surface area contributed by atoms with Gasteiger partial charge in [0.2, 0.25) is 11.8 Å². The van der Waals surface area contributed by atoms with Gasteiger partial charge in [0.1, 0.15) is 85.4 Å². The van der Waals surface area contributed by atoms with Crippen LogP contribution in [0.4, 0.5) is 0 Å². The number of aliphatic hydroxyl groups excluding tert-OH is 12. The van der Waals surface area contributed by atoms with Gasteiger partial charge in [-0.1, -0.05) is 219 Å². The van der Waals surface area contributed by atoms with Crippen molar-refractivity contribution in [2.24, 2.45) is 0 Å². The van der Waals surface area contributed by atoms with E-state index in [4.69, 9.17) is 28.4 Å². The van der Waals surface area contributed by atoms with E-state index in [2.05, 4.69) is 24.5 Å². The van der Waals surface area contributed by atoms with Crippen LogP contribution in [-0.2, 0) is 38.0 Å². The fourth-order valence-electron chi connectivity index (χ4n) is 11.6. The molecule has 0 aliphatic carbocycles. The second-order valence-corrected chi connectivity index (χ2v) is 24.3. The Hall–Kier alpha value is -1.78. The summed E-state index contributed by atoms with van der Waals surface area (Å²) >= 11 is 0. The maximum Gasteiger partial charge on any atom is 0.249 e. The second-order valence-electron chi connectivity index (χ2n) is 24.3. The molecule has 496 valence electrons. The van der Waals surface area contributed by atoms with Gasteiger partial charge in [0.25, 0.3) is 0 Å². The maximum absolute atomic E-state index is 13.8. The number of unbranched alkanes of at least 4 members (excludes halogenated alkanes) is 30. The van der Waals surface area contributed by atoms with Crippen molar-refractivity contribution in [3.63, 3.8) is 0 Å². The number of hydrogen-bond acceptors (Lipinski definition) is 20. The summed E-state index contributed by atoms with van der Waals surface area (Å²) in [4.78, 5) is 26.1. The van der Waals surface area contributed by atoms with Crippen molar-refractivity contribution in [2.45, 2.75) is 355 Å². The summed E-state index contributed by atoms with van der Waals surface area (Å²) in [5.41, 5.74) is 0. The minimum absolute atomic E-state index is 0.122. The van der Waals surface area contributed by atoms with Gasteiger partial charge in [-0.2, -0.15) is 0 Å². The van der Waals surface area contributed by atoms with E-state index in [-0.39, 0.29) is 12.8 Å². The normalized spacial score (nSPS) is 29.8. The number of carbonyl (C=O) groups excluding carboxylic acids is 2. The van der Waals surface area contributed by atoms with Crippen LogP contribution in [0, 0.1) is 0 Å². The van der Waals surface area contributed by atoms with E-state index in [1.54, 1.807) is 0 Å². The standard InChI is InChI=1S/C62H118N2O20/c1-4-6-8-10-12-14-16-18-19-20-21-22-23-24-25-27-29-31-33-35-37-45(70)59(78)64-43(50(71)44(69)36-34-32-30-28-26-17-15-13-11-9-7-5-2)41-79-62-58(84-61-56(77)55(76)52(73)47(39-66)81-61)57(53(74)48(40-67)82-62)83-60-49(63-42(3)68)54(75)51(72)46(38-65)80-60/h43-58,60-62,65-67,69-77H,4-41H2,1-3H3,(H,63,68)(H,64,78)/t43-,44+,45+,46+,47+,48+,49+,50-,51-,52+,53-,54+,55-,56+,57-,58+,60+,61+,62-/m0/s1. The molecule has 0 aromatic rings. The molecule has 0 saturated carbocycles. The van der Waals surface area contributed by atoms with Crippen molar-refractivity contribution < 1.29 is 99.3 Å². The van der Waals surface area contributed by atoms with Crippen LogP contribution in [0.25, 0.3) is 0 Å². The van der Waals surface area contributed by atoms with Crippen LogP contribution in [0.3, 0.4) is 0 Å². The minimum Gasteiger partial charge on any atom is -0.394 e. The highest BCUT2D eigenvalue weighted by molar-refractivity contribution is 5.80. The van der Waals surface area contributed by atoms with E-state index < -0.39 is 155 Å². The number of ether oxygens (including phenoxy) is 6. The Balaban J connectivity index is 1.71. The number of carbonyl (C=O) groups is 2. The topological polar surface area (TPSA) is 356 Å². The summed E-state index contributed by atoms with van der Waals surface area (Å²) < 4.78 is 36.0. The molecule has 14 N–H and O–H groups in total. The molecule has 0 spiro atoms. The monoisotopic (exact) mass is 1210 g/mol. The minimum atomic E-state index is -2.03. The molecule has 3 saturated heterocycles. The van der Waals surface area contributed by atoms with E-state index in [1.807, 2.05) is 0 Å². The largest absolute Gasteiger partial charge is 0.394 e. The van der Waals surface area contributed by atoms with Crippen LogP contribution in [0.1, 0.15) is 239 Å². The fourth-order valence-corrected chi connectivity index (χ4v) is 11.6. The first-order valence-electron chi connectivity index (χ1n) is 33.0. The Morgan fingerprint density at radius 2 is 0.810 bits per heavy atom. The second kappa shape index (κ2) is 45.5. The zero-order chi connectivity index (χ0) is 61.7. The van der Waals surface area contributed by atoms with Crippen molar-refractivity contribution in [3.8, 4) is 0 Å². The number of hydrogen-bond donors (Lipinski definition) is 14. The third-order valence-electron chi connectivity index (χ3n) is 17.0. The van der Waals surface area contributed by atoms with Gasteiger partial charge in [-0.15, -0.1) is 0 Å². The number of nitrogens with one attached hydrogen (secondary N) is 2. The average molecular weight is 1210 g/mol. The molecule has 3 aliphatic heterocycles. The molecule has 84 heavy (non-hydrogen) atoms. The Labute approximate surface area is 502 Å². The molecule has 3 aliphatic rings. The van der Waals surface area contributed by atoms with Crippen LogP contribution < -0.4 is 10.6 Å². The third kappa shape index (κ3) is 28.4. The Bertz CT molecular complexity index is 1640. The van der Waals surface area contributed by atoms with Crippen LogP contribution in [0.2, 0.25) is 0 Å². The molecule has 22 nitrogen and oxygen atoms in total. The van der Waals surface area contributed by atoms with Gasteiger partial charge in [-0.05, 0) is 12.8 Å². The molecular formula is C62H118N2O20. The molecule has 19 atom stereocenters. The number of rotatable bonds is 49. The molecular weight excluding hydrogens is 1090 g/mol. The molecule has 0 aromatic heterocycles. The highest BCUT2D eigenvalue weighted by Crippen LogP contribution is 2.34. The fraction of sp³-hybridized carbons (Fsp3) is 0.968. The van der Waals surface area contributed by atoms with Crippen molar-refractivity contribution in [1.29, 1.82) is 0 Å². The first kappa shape index (κ1) is 76.5. The van der Waals surface area contributed by atoms with Crippen molar-refractivity contribution in [3.05, 3.63) is 0 Å². The summed E-state index contributed by atoms with van der Waals surface area (Å²) in [6.45, 7) is 2.27. The van der Waals surface area contributed by atoms with Crippen LogP contribution in [0.5, 0.6) is 0 Å². The molecule has 22 heteroatoms. The Morgan fingerprint density at radius 1 is 0.440 bits per heavy atom. The van der Waals surface area contributed by atoms with Gasteiger partial charge in [0.15, 0.2) is 18.9 Å². The van der Waals surface area contributed by atoms with E-state index in [0.29, 0.717) is 12.8 Å². The third-order valence-corrected chi connectivity index (χ3v) is 17.0. The zero-order valence-electron chi connectivity index (χ0n) is 51.5. The van der Waals surface area contributed by atoms with Gasteiger partial charge in [0.05, 0.1) is 38.6 Å². The molecule has 0 bridgehead atoms. The molecule has 0 unspecified atom stereocenters. The van der Waals surface area contributed by atoms with Gasteiger partial charge >= 0.3 is 0 Å². The Morgan fingerprint density at radius 3 is 1.24 bits per heavy atom. The highest BCUT2D eigenvalue weighted by Gasteiger charge is 2.55. The van der Waals surface area contributed by atoms with Crippen LogP contribution in [0.15, 0.2) is 0 Å². The summed E-state index contributed by atoms with van der Waals surface area (Å²) in [5.74, 6) is -1.56. The average Bonchev–Trinajstić information content (AvgIpc) is 1.83. The maximum atomic E-state index is 13.8. The van der Waals surface area contributed by atoms with Gasteiger partial charge < -0.3 is 100 Å². The van der Waals surface area contributed by atoms with Gasteiger partial charge in [0, 0.05) is 6.92 Å². The molecule has 2 amide bonds. The van der Waals surface area contributed by atoms with E-state index in [1.165, 1.54) is 135 Å². The Kier molecular flexibility index (Phi) is 41.4. The van der Waals surface area contributed by atoms with Crippen molar-refractivity contribution in [1.82, 2.24) is 10.6 Å². The smallest absolute Gasteiger partial charge is 0.249 e. The van der Waals surface area contributed by atoms with Crippen molar-refractivity contribution in [2.75, 3.05) is 26.4 Å². The summed E-state index contributed by atoms with van der Waals surface area (Å²) in [6, 6.07) is -3.01. The molecule has 3 rings (SSSR count). The van der Waals surface area contributed by atoms with Crippen LogP contribution in [-0.4, -0.2) is 216 Å². The molecule has 0 radical (unpaired) electrons. The molecule has 3 fully saturated rings. The number of amides is 2. The van der Waals surface area contributed by atoms with E-state index in [9.17, 15) is 70.9 Å². The lowest BCUT2D eigenvalue weighted by atomic mass is 9.95. The first-order chi connectivity index (χ1) is 40.5. The van der Waals surface area contributed by atoms with E-state index in [0.717, 1.165) is 64.7 Å². The van der Waals surface area contributed by atoms with Gasteiger partial charge in [-0.3, -0.25) is 9.59 Å². The lowest BCUT2D eigenvalue weighted by molar-refractivity contribution is -0.387. The first-order valence-corrected chi connectivity index (χ1v) is 33.0. The molecule has 0 aromatic carbocycles. The van der Waals surface area contributed by atoms with E-state index >= 15 is 0 Å². The lowest BCUT2D eigenvalue weighted by Crippen LogP contribution is -2.69. The summed E-state index contributed by atoms with van der Waals surface area (Å²) in [5, 5.41) is 136. The predicted octanol–water partition coefficient (Wildman–Crippen LogP) is 4.47. The van der Waals surface area contributed by atoms with Crippen molar-refractivity contribution >= 4 is 11.8 Å². The van der Waals surface area contributed by atoms with Gasteiger partial charge in [-0.25, -0.2) is 0 Å². The SMILES string of the molecule is CCCCCCCCCCCCCCCCCCCCCC[C@@H](O)C(=O)N[C@@H](CO[C@H]1O[C@H](CO)[C@H](O)[C@H](O[C@H]2O[C@H](CO)[C@H](O)[C@H](O)[C@H]2NC(C)=O)[C@H]1O[C@H]1O[C@H](CO)[C@@H](O)[C@H](O)[C@H]1O)[C@H](O)[C@H](O)CCCCCCCCCCCCCC. The van der Waals surface area contributed by atoms with Crippen LogP contribution >= 0.6 is 0 Å².